The molecule has 0 saturated carbocycles. The summed E-state index contributed by atoms with van der Waals surface area (Å²) in [6.07, 6.45) is 5.15. The zero-order chi connectivity index (χ0) is 10.5. The van der Waals surface area contributed by atoms with Gasteiger partial charge in [0.25, 0.3) is 0 Å². The highest BCUT2D eigenvalue weighted by Crippen LogP contribution is 2.17. The van der Waals surface area contributed by atoms with Crippen LogP contribution in [0.1, 0.15) is 5.69 Å². The Bertz CT molecular complexity index is 432. The van der Waals surface area contributed by atoms with Crippen molar-refractivity contribution in [1.82, 2.24) is 15.0 Å². The zero-order valence-electron chi connectivity index (χ0n) is 8.00. The van der Waals surface area contributed by atoms with Gasteiger partial charge in [-0.2, -0.15) is 0 Å². The number of hydrogen-bond donors (Lipinski definition) is 1. The summed E-state index contributed by atoms with van der Waals surface area (Å²) in [5.41, 5.74) is 7.32. The summed E-state index contributed by atoms with van der Waals surface area (Å²) in [6, 6.07) is 5.42. The van der Waals surface area contributed by atoms with Crippen molar-refractivity contribution in [3.8, 4) is 0 Å². The molecule has 0 aliphatic rings. The topological polar surface area (TPSA) is 64.7 Å². The molecule has 5 heteroatoms. The van der Waals surface area contributed by atoms with Crippen LogP contribution in [0.25, 0.3) is 0 Å². The second kappa shape index (κ2) is 4.75. The lowest BCUT2D eigenvalue weighted by molar-refractivity contribution is 0.964. The van der Waals surface area contributed by atoms with Crippen LogP contribution in [0.5, 0.6) is 0 Å². The number of anilines is 1. The van der Waals surface area contributed by atoms with Crippen LogP contribution in [0.4, 0.5) is 5.69 Å². The van der Waals surface area contributed by atoms with E-state index < -0.39 is 0 Å². The standard InChI is InChI=1S/C10H10N4S/c11-8-2-5-12-9(6-8)7-15-10-13-3-1-4-14-10/h1-6H,7H2,(H2,11,12). The summed E-state index contributed by atoms with van der Waals surface area (Å²) >= 11 is 1.54. The van der Waals surface area contributed by atoms with Gasteiger partial charge in [0.15, 0.2) is 5.16 Å². The molecule has 76 valence electrons. The van der Waals surface area contributed by atoms with Crippen molar-refractivity contribution in [3.05, 3.63) is 42.5 Å². The molecule has 0 fully saturated rings. The van der Waals surface area contributed by atoms with Crippen LogP contribution >= 0.6 is 11.8 Å². The van der Waals surface area contributed by atoms with Gasteiger partial charge in [0.2, 0.25) is 0 Å². The van der Waals surface area contributed by atoms with Gasteiger partial charge in [0.1, 0.15) is 0 Å². The minimum absolute atomic E-state index is 0.731. The maximum atomic E-state index is 5.65. The van der Waals surface area contributed by atoms with Gasteiger partial charge in [-0.3, -0.25) is 4.98 Å². The molecule has 2 rings (SSSR count). The summed E-state index contributed by atoms with van der Waals surface area (Å²) in [5, 5.41) is 0.752. The minimum atomic E-state index is 0.731. The molecule has 0 saturated heterocycles. The van der Waals surface area contributed by atoms with Gasteiger partial charge in [-0.15, -0.1) is 0 Å². The SMILES string of the molecule is Nc1ccnc(CSc2ncccn2)c1. The Kier molecular flexibility index (Phi) is 3.14. The van der Waals surface area contributed by atoms with Gasteiger partial charge in [-0.1, -0.05) is 11.8 Å². The van der Waals surface area contributed by atoms with Crippen molar-refractivity contribution >= 4 is 17.4 Å². The van der Waals surface area contributed by atoms with Crippen molar-refractivity contribution in [1.29, 1.82) is 0 Å². The Morgan fingerprint density at radius 3 is 2.67 bits per heavy atom. The van der Waals surface area contributed by atoms with Crippen molar-refractivity contribution < 1.29 is 0 Å². The average Bonchev–Trinajstić information content (AvgIpc) is 2.28. The fourth-order valence-corrected chi connectivity index (χ4v) is 1.78. The monoisotopic (exact) mass is 218 g/mol. The highest BCUT2D eigenvalue weighted by atomic mass is 32.2. The third-order valence-corrected chi connectivity index (χ3v) is 2.64. The van der Waals surface area contributed by atoms with E-state index >= 15 is 0 Å². The number of pyridine rings is 1. The van der Waals surface area contributed by atoms with Gasteiger partial charge in [0.05, 0.1) is 5.69 Å². The molecule has 0 aromatic carbocycles. The molecule has 2 aromatic heterocycles. The van der Waals surface area contributed by atoms with Crippen LogP contribution < -0.4 is 5.73 Å². The van der Waals surface area contributed by atoms with E-state index in [-0.39, 0.29) is 0 Å². The first-order valence-corrected chi connectivity index (χ1v) is 5.43. The van der Waals surface area contributed by atoms with Crippen LogP contribution in [-0.2, 0) is 5.75 Å². The Morgan fingerprint density at radius 1 is 1.13 bits per heavy atom. The number of hydrogen-bond acceptors (Lipinski definition) is 5. The van der Waals surface area contributed by atoms with Crippen molar-refractivity contribution in [2.24, 2.45) is 0 Å². The molecule has 0 spiro atoms. The van der Waals surface area contributed by atoms with E-state index in [1.54, 1.807) is 42.5 Å². The number of aromatic nitrogens is 3. The summed E-state index contributed by atoms with van der Waals surface area (Å²) < 4.78 is 0. The predicted molar refractivity (Wildman–Crippen MR) is 60.2 cm³/mol. The molecule has 0 aliphatic carbocycles. The molecule has 0 aliphatic heterocycles. The summed E-state index contributed by atoms with van der Waals surface area (Å²) in [6.45, 7) is 0. The van der Waals surface area contributed by atoms with E-state index in [0.29, 0.717) is 0 Å². The first-order chi connectivity index (χ1) is 7.34. The van der Waals surface area contributed by atoms with Crippen LogP contribution in [0.3, 0.4) is 0 Å². The lowest BCUT2D eigenvalue weighted by Crippen LogP contribution is -1.91. The average molecular weight is 218 g/mol. The number of nitrogens with zero attached hydrogens (tertiary/aromatic N) is 3. The van der Waals surface area contributed by atoms with Crippen molar-refractivity contribution in [2.45, 2.75) is 10.9 Å². The Morgan fingerprint density at radius 2 is 1.93 bits per heavy atom. The quantitative estimate of drug-likeness (QED) is 0.628. The Labute approximate surface area is 92.0 Å². The summed E-state index contributed by atoms with van der Waals surface area (Å²) in [7, 11) is 0. The number of rotatable bonds is 3. The lowest BCUT2D eigenvalue weighted by atomic mass is 10.3. The fourth-order valence-electron chi connectivity index (χ4n) is 1.07. The molecule has 2 N–H and O–H groups in total. The first kappa shape index (κ1) is 9.92. The van der Waals surface area contributed by atoms with E-state index in [0.717, 1.165) is 22.3 Å². The smallest absolute Gasteiger partial charge is 0.187 e. The molecular weight excluding hydrogens is 208 g/mol. The summed E-state index contributed by atoms with van der Waals surface area (Å²) in [5.74, 6) is 0.731. The zero-order valence-corrected chi connectivity index (χ0v) is 8.81. The third-order valence-electron chi connectivity index (χ3n) is 1.73. The lowest BCUT2D eigenvalue weighted by Gasteiger charge is -2.00. The maximum absolute atomic E-state index is 5.65. The number of nitrogens with two attached hydrogens (primary N) is 1. The van der Waals surface area contributed by atoms with Gasteiger partial charge in [-0.05, 0) is 18.2 Å². The van der Waals surface area contributed by atoms with Gasteiger partial charge in [0, 0.05) is 30.0 Å². The molecule has 2 aromatic rings. The second-order valence-corrected chi connectivity index (χ2v) is 3.84. The molecule has 15 heavy (non-hydrogen) atoms. The highest BCUT2D eigenvalue weighted by Gasteiger charge is 1.99. The van der Waals surface area contributed by atoms with Gasteiger partial charge >= 0.3 is 0 Å². The molecule has 0 atom stereocenters. The first-order valence-electron chi connectivity index (χ1n) is 4.45. The van der Waals surface area contributed by atoms with E-state index in [2.05, 4.69) is 15.0 Å². The third kappa shape index (κ3) is 2.92. The Hall–Kier alpha value is -1.62. The molecule has 0 radical (unpaired) electrons. The van der Waals surface area contributed by atoms with Crippen LogP contribution in [0.15, 0.2) is 41.9 Å². The molecule has 2 heterocycles. The molecule has 4 nitrogen and oxygen atoms in total. The van der Waals surface area contributed by atoms with E-state index in [9.17, 15) is 0 Å². The molecule has 0 bridgehead atoms. The number of nitrogen functional groups attached to an aromatic ring is 1. The van der Waals surface area contributed by atoms with Crippen LogP contribution in [0, 0.1) is 0 Å². The fraction of sp³-hybridized carbons (Fsp3) is 0.100. The second-order valence-electron chi connectivity index (χ2n) is 2.90. The summed E-state index contributed by atoms with van der Waals surface area (Å²) in [4.78, 5) is 12.4. The number of thioether (sulfide) groups is 1. The van der Waals surface area contributed by atoms with E-state index in [1.807, 2.05) is 6.07 Å². The minimum Gasteiger partial charge on any atom is -0.399 e. The molecule has 0 amide bonds. The van der Waals surface area contributed by atoms with Crippen LogP contribution in [0.2, 0.25) is 0 Å². The van der Waals surface area contributed by atoms with Gasteiger partial charge < -0.3 is 5.73 Å². The highest BCUT2D eigenvalue weighted by molar-refractivity contribution is 7.98. The Balaban J connectivity index is 1.99. The predicted octanol–water partition coefficient (Wildman–Crippen LogP) is 1.75. The van der Waals surface area contributed by atoms with Crippen molar-refractivity contribution in [2.75, 3.05) is 5.73 Å². The molecular formula is C10H10N4S. The van der Waals surface area contributed by atoms with Gasteiger partial charge in [-0.25, -0.2) is 9.97 Å². The van der Waals surface area contributed by atoms with E-state index in [1.165, 1.54) is 0 Å². The van der Waals surface area contributed by atoms with E-state index in [4.69, 9.17) is 5.73 Å². The molecule has 0 unspecified atom stereocenters. The normalized spacial score (nSPS) is 10.1. The largest absolute Gasteiger partial charge is 0.399 e. The van der Waals surface area contributed by atoms with Crippen molar-refractivity contribution in [3.63, 3.8) is 0 Å². The van der Waals surface area contributed by atoms with Crippen LogP contribution in [-0.4, -0.2) is 15.0 Å². The maximum Gasteiger partial charge on any atom is 0.187 e.